The monoisotopic (exact) mass is 396 g/mol. The first-order chi connectivity index (χ1) is 13.6. The summed E-state index contributed by atoms with van der Waals surface area (Å²) in [6, 6.07) is 10.1. The lowest BCUT2D eigenvalue weighted by Gasteiger charge is -2.32. The predicted octanol–water partition coefficient (Wildman–Crippen LogP) is 3.71. The second-order valence-corrected chi connectivity index (χ2v) is 7.95. The average molecular weight is 396 g/mol. The summed E-state index contributed by atoms with van der Waals surface area (Å²) in [5.74, 6) is 0.754. The Kier molecular flexibility index (Phi) is 4.40. The van der Waals surface area contributed by atoms with Crippen LogP contribution >= 0.6 is 0 Å². The van der Waals surface area contributed by atoms with Crippen molar-refractivity contribution in [3.8, 4) is 17.2 Å². The summed E-state index contributed by atoms with van der Waals surface area (Å²) in [4.78, 5) is 15.2. The van der Waals surface area contributed by atoms with Crippen LogP contribution in [-0.4, -0.2) is 35.3 Å². The van der Waals surface area contributed by atoms with Crippen molar-refractivity contribution in [1.82, 2.24) is 4.98 Å². The lowest BCUT2D eigenvalue weighted by molar-refractivity contribution is -0.383. The Bertz CT molecular complexity index is 1090. The van der Waals surface area contributed by atoms with Gasteiger partial charge in [0.2, 0.25) is 5.89 Å². The van der Waals surface area contributed by atoms with Crippen LogP contribution in [0.2, 0.25) is 0 Å². The van der Waals surface area contributed by atoms with Crippen LogP contribution in [0.3, 0.4) is 0 Å². The number of nitro groups is 1. The third-order valence-electron chi connectivity index (χ3n) is 5.57. The number of fused-ring (bicyclic) bond motifs is 1. The highest BCUT2D eigenvalue weighted by Crippen LogP contribution is 2.38. The van der Waals surface area contributed by atoms with Gasteiger partial charge in [-0.2, -0.15) is 0 Å². The SMILES string of the molecule is COc1ccc(B2OC(C)(C)C(C)(C)O2)cc1-c1nc2c([N+](=O)[O-])cccc2o1. The molecule has 4 rings (SSSR count). The Morgan fingerprint density at radius 1 is 1.10 bits per heavy atom. The molecule has 2 aromatic carbocycles. The van der Waals surface area contributed by atoms with Crippen LogP contribution in [0.5, 0.6) is 5.75 Å². The molecular formula is C20H21BN2O6. The van der Waals surface area contributed by atoms with E-state index in [9.17, 15) is 10.1 Å². The Morgan fingerprint density at radius 2 is 1.79 bits per heavy atom. The van der Waals surface area contributed by atoms with Gasteiger partial charge in [-0.15, -0.1) is 0 Å². The lowest BCUT2D eigenvalue weighted by Crippen LogP contribution is -2.41. The van der Waals surface area contributed by atoms with Gasteiger partial charge in [-0.1, -0.05) is 12.1 Å². The zero-order chi connectivity index (χ0) is 21.0. The predicted molar refractivity (Wildman–Crippen MR) is 108 cm³/mol. The summed E-state index contributed by atoms with van der Waals surface area (Å²) in [6.45, 7) is 7.93. The molecule has 9 heteroatoms. The Hall–Kier alpha value is -2.91. The highest BCUT2D eigenvalue weighted by Gasteiger charge is 2.51. The van der Waals surface area contributed by atoms with E-state index in [0.29, 0.717) is 16.9 Å². The largest absolute Gasteiger partial charge is 0.496 e. The van der Waals surface area contributed by atoms with Crippen LogP contribution in [0.25, 0.3) is 22.6 Å². The topological polar surface area (TPSA) is 96.9 Å². The molecule has 0 unspecified atom stereocenters. The molecule has 0 radical (unpaired) electrons. The van der Waals surface area contributed by atoms with Crippen LogP contribution < -0.4 is 10.2 Å². The summed E-state index contributed by atoms with van der Waals surface area (Å²) in [5, 5.41) is 11.3. The number of aromatic nitrogens is 1. The number of rotatable bonds is 4. The lowest BCUT2D eigenvalue weighted by atomic mass is 9.78. The van der Waals surface area contributed by atoms with Crippen molar-refractivity contribution in [2.24, 2.45) is 0 Å². The van der Waals surface area contributed by atoms with E-state index in [1.165, 1.54) is 6.07 Å². The zero-order valence-corrected chi connectivity index (χ0v) is 16.9. The van der Waals surface area contributed by atoms with Crippen LogP contribution in [-0.2, 0) is 9.31 Å². The number of ether oxygens (including phenoxy) is 1. The molecule has 150 valence electrons. The zero-order valence-electron chi connectivity index (χ0n) is 16.9. The number of para-hydroxylation sites is 1. The smallest absolute Gasteiger partial charge is 0.494 e. The molecular weight excluding hydrogens is 375 g/mol. The van der Waals surface area contributed by atoms with Gasteiger partial charge in [0.05, 0.1) is 28.8 Å². The van der Waals surface area contributed by atoms with Gasteiger partial charge < -0.3 is 18.5 Å². The van der Waals surface area contributed by atoms with Crippen LogP contribution in [0, 0.1) is 10.1 Å². The fourth-order valence-corrected chi connectivity index (χ4v) is 3.22. The maximum absolute atomic E-state index is 11.3. The molecule has 2 heterocycles. The van der Waals surface area contributed by atoms with Gasteiger partial charge in [0, 0.05) is 6.07 Å². The molecule has 1 aliphatic heterocycles. The molecule has 1 fully saturated rings. The Morgan fingerprint density at radius 3 is 2.41 bits per heavy atom. The number of hydrogen-bond donors (Lipinski definition) is 0. The second-order valence-electron chi connectivity index (χ2n) is 7.95. The van der Waals surface area contributed by atoms with E-state index in [0.717, 1.165) is 5.46 Å². The van der Waals surface area contributed by atoms with E-state index in [2.05, 4.69) is 4.98 Å². The van der Waals surface area contributed by atoms with Crippen molar-refractivity contribution in [2.45, 2.75) is 38.9 Å². The van der Waals surface area contributed by atoms with Crippen molar-refractivity contribution in [1.29, 1.82) is 0 Å². The molecule has 0 aliphatic carbocycles. The standard InChI is InChI=1S/C20H21BN2O6/c1-19(2)20(3,4)29-21(28-19)12-9-10-15(26-5)13(11-12)18-22-17-14(23(24)25)7-6-8-16(17)27-18/h6-11H,1-5H3. The molecule has 0 bridgehead atoms. The number of nitro benzene ring substituents is 1. The van der Waals surface area contributed by atoms with E-state index < -0.39 is 23.2 Å². The van der Waals surface area contributed by atoms with Gasteiger partial charge >= 0.3 is 7.12 Å². The number of nitrogens with zero attached hydrogens (tertiary/aromatic N) is 2. The highest BCUT2D eigenvalue weighted by molar-refractivity contribution is 6.62. The summed E-state index contributed by atoms with van der Waals surface area (Å²) < 4.78 is 23.5. The normalized spacial score (nSPS) is 17.6. The van der Waals surface area contributed by atoms with Gasteiger partial charge in [-0.25, -0.2) is 4.98 Å². The molecule has 1 aliphatic rings. The minimum Gasteiger partial charge on any atom is -0.496 e. The number of oxazole rings is 1. The fourth-order valence-electron chi connectivity index (χ4n) is 3.22. The molecule has 29 heavy (non-hydrogen) atoms. The third kappa shape index (κ3) is 3.16. The summed E-state index contributed by atoms with van der Waals surface area (Å²) in [5.41, 5.74) is 0.791. The van der Waals surface area contributed by atoms with Gasteiger partial charge in [-0.05, 0) is 51.4 Å². The van der Waals surface area contributed by atoms with E-state index in [4.69, 9.17) is 18.5 Å². The molecule has 8 nitrogen and oxygen atoms in total. The van der Waals surface area contributed by atoms with Crippen LogP contribution in [0.4, 0.5) is 5.69 Å². The van der Waals surface area contributed by atoms with Crippen molar-refractivity contribution < 1.29 is 23.4 Å². The van der Waals surface area contributed by atoms with E-state index in [1.807, 2.05) is 39.8 Å². The molecule has 0 N–H and O–H groups in total. The Labute approximate surface area is 168 Å². The molecule has 1 aromatic heterocycles. The molecule has 0 atom stereocenters. The van der Waals surface area contributed by atoms with Crippen molar-refractivity contribution in [3.05, 3.63) is 46.5 Å². The fraction of sp³-hybridized carbons (Fsp3) is 0.350. The van der Waals surface area contributed by atoms with E-state index in [-0.39, 0.29) is 17.1 Å². The molecule has 0 spiro atoms. The Balaban J connectivity index is 1.80. The van der Waals surface area contributed by atoms with Crippen molar-refractivity contribution >= 4 is 29.4 Å². The first kappa shape index (κ1) is 19.4. The number of non-ortho nitro benzene ring substituents is 1. The average Bonchev–Trinajstić information content (AvgIpc) is 3.18. The molecule has 0 amide bonds. The molecule has 1 saturated heterocycles. The van der Waals surface area contributed by atoms with E-state index in [1.54, 1.807) is 25.3 Å². The summed E-state index contributed by atoms with van der Waals surface area (Å²) >= 11 is 0. The minimum atomic E-state index is -0.566. The highest BCUT2D eigenvalue weighted by atomic mass is 16.7. The summed E-state index contributed by atoms with van der Waals surface area (Å²) in [6.07, 6.45) is 0. The van der Waals surface area contributed by atoms with Gasteiger partial charge in [0.15, 0.2) is 11.1 Å². The number of hydrogen-bond acceptors (Lipinski definition) is 7. The summed E-state index contributed by atoms with van der Waals surface area (Å²) in [7, 11) is 0.974. The van der Waals surface area contributed by atoms with Crippen LogP contribution in [0.15, 0.2) is 40.8 Å². The number of benzene rings is 2. The first-order valence-corrected chi connectivity index (χ1v) is 9.21. The maximum Gasteiger partial charge on any atom is 0.494 e. The molecule has 0 saturated carbocycles. The minimum absolute atomic E-state index is 0.112. The van der Waals surface area contributed by atoms with Gasteiger partial charge in [-0.3, -0.25) is 10.1 Å². The third-order valence-corrected chi connectivity index (χ3v) is 5.57. The van der Waals surface area contributed by atoms with Crippen molar-refractivity contribution in [2.75, 3.05) is 7.11 Å². The van der Waals surface area contributed by atoms with Gasteiger partial charge in [0.25, 0.3) is 5.69 Å². The van der Waals surface area contributed by atoms with Crippen molar-refractivity contribution in [3.63, 3.8) is 0 Å². The quantitative estimate of drug-likeness (QED) is 0.377. The van der Waals surface area contributed by atoms with Gasteiger partial charge in [0.1, 0.15) is 5.75 Å². The first-order valence-electron chi connectivity index (χ1n) is 9.21. The van der Waals surface area contributed by atoms with Crippen LogP contribution in [0.1, 0.15) is 27.7 Å². The maximum atomic E-state index is 11.3. The molecule has 3 aromatic rings. The second kappa shape index (κ2) is 6.57. The van der Waals surface area contributed by atoms with E-state index >= 15 is 0 Å². The number of methoxy groups -OCH3 is 1.